The summed E-state index contributed by atoms with van der Waals surface area (Å²) < 4.78 is 24.6. The molecule has 0 amide bonds. The van der Waals surface area contributed by atoms with Crippen molar-refractivity contribution in [3.05, 3.63) is 50.1 Å². The molecule has 6 heteroatoms. The van der Waals surface area contributed by atoms with Crippen LogP contribution in [0.3, 0.4) is 0 Å². The van der Waals surface area contributed by atoms with E-state index >= 15 is 0 Å². The summed E-state index contributed by atoms with van der Waals surface area (Å²) in [5.41, 5.74) is 0.966. The highest BCUT2D eigenvalue weighted by Crippen LogP contribution is 2.34. The van der Waals surface area contributed by atoms with E-state index in [1.54, 1.807) is 29.5 Å². The van der Waals surface area contributed by atoms with Gasteiger partial charge in [0, 0.05) is 20.5 Å². The summed E-state index contributed by atoms with van der Waals surface area (Å²) in [6.45, 7) is 4.92. The van der Waals surface area contributed by atoms with Crippen LogP contribution in [0.5, 0.6) is 0 Å². The maximum absolute atomic E-state index is 11.7. The molecule has 0 spiro atoms. The Bertz CT molecular complexity index is 718. The van der Waals surface area contributed by atoms with Crippen molar-refractivity contribution in [1.82, 2.24) is 5.32 Å². The van der Waals surface area contributed by atoms with Gasteiger partial charge >= 0.3 is 0 Å². The molecule has 0 aliphatic carbocycles. The SMILES string of the molecule is CCNC(c1cccc(S(C)(=O)=O)c1)c1cc(Br)c(C)s1. The van der Waals surface area contributed by atoms with Gasteiger partial charge in [0.05, 0.1) is 10.9 Å². The Labute approximate surface area is 138 Å². The zero-order chi connectivity index (χ0) is 15.6. The van der Waals surface area contributed by atoms with Crippen molar-refractivity contribution in [2.45, 2.75) is 24.8 Å². The van der Waals surface area contributed by atoms with E-state index in [1.165, 1.54) is 16.0 Å². The van der Waals surface area contributed by atoms with Crippen molar-refractivity contribution in [2.75, 3.05) is 12.8 Å². The number of sulfone groups is 1. The molecule has 2 rings (SSSR count). The van der Waals surface area contributed by atoms with Crippen LogP contribution < -0.4 is 5.32 Å². The maximum atomic E-state index is 11.7. The van der Waals surface area contributed by atoms with Crippen molar-refractivity contribution in [3.63, 3.8) is 0 Å². The molecular formula is C15H18BrNO2S2. The average Bonchev–Trinajstić information content (AvgIpc) is 2.75. The summed E-state index contributed by atoms with van der Waals surface area (Å²) in [6, 6.07) is 9.26. The lowest BCUT2D eigenvalue weighted by atomic mass is 10.1. The smallest absolute Gasteiger partial charge is 0.175 e. The van der Waals surface area contributed by atoms with Gasteiger partial charge in [-0.1, -0.05) is 19.1 Å². The minimum Gasteiger partial charge on any atom is -0.306 e. The van der Waals surface area contributed by atoms with Crippen LogP contribution in [0.4, 0.5) is 0 Å². The molecule has 1 atom stereocenters. The molecular weight excluding hydrogens is 370 g/mol. The molecule has 0 aliphatic rings. The van der Waals surface area contributed by atoms with Gasteiger partial charge in [-0.05, 0) is 53.2 Å². The highest BCUT2D eigenvalue weighted by molar-refractivity contribution is 9.10. The zero-order valence-corrected chi connectivity index (χ0v) is 15.4. The molecule has 114 valence electrons. The van der Waals surface area contributed by atoms with Gasteiger partial charge in [-0.25, -0.2) is 8.42 Å². The van der Waals surface area contributed by atoms with Gasteiger partial charge in [0.15, 0.2) is 9.84 Å². The topological polar surface area (TPSA) is 46.2 Å². The summed E-state index contributed by atoms with van der Waals surface area (Å²) in [4.78, 5) is 2.74. The minimum atomic E-state index is -3.19. The minimum absolute atomic E-state index is 0.00620. The Morgan fingerprint density at radius 3 is 2.57 bits per heavy atom. The standard InChI is InChI=1S/C15H18BrNO2S2/c1-4-17-15(14-9-13(16)10(2)20-14)11-6-5-7-12(8-11)21(3,18)19/h5-9,15,17H,4H2,1-3H3. The average molecular weight is 388 g/mol. The molecule has 0 saturated carbocycles. The van der Waals surface area contributed by atoms with Gasteiger partial charge in [-0.3, -0.25) is 0 Å². The highest BCUT2D eigenvalue weighted by Gasteiger charge is 2.18. The second-order valence-corrected chi connectivity index (χ2v) is 9.05. The second-order valence-electron chi connectivity index (χ2n) is 4.89. The van der Waals surface area contributed by atoms with Crippen molar-refractivity contribution >= 4 is 37.1 Å². The monoisotopic (exact) mass is 387 g/mol. The molecule has 0 aliphatic heterocycles. The number of hydrogen-bond donors (Lipinski definition) is 1. The van der Waals surface area contributed by atoms with E-state index in [0.29, 0.717) is 4.90 Å². The lowest BCUT2D eigenvalue weighted by Gasteiger charge is -2.17. The number of rotatable bonds is 5. The molecule has 0 radical (unpaired) electrons. The summed E-state index contributed by atoms with van der Waals surface area (Å²) in [5, 5.41) is 3.43. The van der Waals surface area contributed by atoms with Crippen molar-refractivity contribution in [2.24, 2.45) is 0 Å². The summed E-state index contributed by atoms with van der Waals surface area (Å²) in [6.07, 6.45) is 1.24. The number of thiophene rings is 1. The summed E-state index contributed by atoms with van der Waals surface area (Å²) in [5.74, 6) is 0. The first kappa shape index (κ1) is 16.7. The van der Waals surface area contributed by atoms with Crippen molar-refractivity contribution < 1.29 is 8.42 Å². The van der Waals surface area contributed by atoms with Crippen LogP contribution in [0, 0.1) is 6.92 Å². The van der Waals surface area contributed by atoms with Crippen molar-refractivity contribution in [1.29, 1.82) is 0 Å². The molecule has 2 aromatic rings. The molecule has 0 fully saturated rings. The van der Waals surface area contributed by atoms with E-state index in [9.17, 15) is 8.42 Å². The highest BCUT2D eigenvalue weighted by atomic mass is 79.9. The Hall–Kier alpha value is -0.690. The first-order chi connectivity index (χ1) is 9.82. The summed E-state index contributed by atoms with van der Waals surface area (Å²) in [7, 11) is -3.19. The van der Waals surface area contributed by atoms with Crippen LogP contribution in [0.15, 0.2) is 39.7 Å². The second kappa shape index (κ2) is 6.60. The molecule has 3 nitrogen and oxygen atoms in total. The van der Waals surface area contributed by atoms with Gasteiger partial charge in [0.25, 0.3) is 0 Å². The molecule has 0 saturated heterocycles. The molecule has 1 heterocycles. The normalized spacial score (nSPS) is 13.3. The lowest BCUT2D eigenvalue weighted by molar-refractivity contribution is 0.600. The Balaban J connectivity index is 2.48. The van der Waals surface area contributed by atoms with Gasteiger partial charge < -0.3 is 5.32 Å². The first-order valence-corrected chi connectivity index (χ1v) is 10.1. The van der Waals surface area contributed by atoms with E-state index in [2.05, 4.69) is 34.2 Å². The van der Waals surface area contributed by atoms with E-state index in [-0.39, 0.29) is 6.04 Å². The fourth-order valence-corrected chi connectivity index (χ4v) is 4.48. The molecule has 1 aromatic heterocycles. The Kier molecular flexibility index (Phi) is 5.24. The summed E-state index contributed by atoms with van der Waals surface area (Å²) >= 11 is 5.25. The Morgan fingerprint density at radius 2 is 2.05 bits per heavy atom. The van der Waals surface area contributed by atoms with Crippen molar-refractivity contribution in [3.8, 4) is 0 Å². The molecule has 21 heavy (non-hydrogen) atoms. The van der Waals surface area contributed by atoms with E-state index in [0.717, 1.165) is 16.6 Å². The van der Waals surface area contributed by atoms with Crippen LogP contribution in [0.1, 0.15) is 28.3 Å². The van der Waals surface area contributed by atoms with E-state index < -0.39 is 9.84 Å². The number of hydrogen-bond acceptors (Lipinski definition) is 4. The molecule has 1 aromatic carbocycles. The maximum Gasteiger partial charge on any atom is 0.175 e. The largest absolute Gasteiger partial charge is 0.306 e. The third kappa shape index (κ3) is 3.94. The van der Waals surface area contributed by atoms with Gasteiger partial charge in [-0.15, -0.1) is 11.3 Å². The Morgan fingerprint density at radius 1 is 1.33 bits per heavy atom. The predicted octanol–water partition coefficient (Wildman–Crippen LogP) is 3.92. The lowest BCUT2D eigenvalue weighted by Crippen LogP contribution is -2.21. The number of aryl methyl sites for hydroxylation is 1. The van der Waals surface area contributed by atoms with Gasteiger partial charge in [-0.2, -0.15) is 0 Å². The number of halogens is 1. The van der Waals surface area contributed by atoms with Crippen LogP contribution >= 0.6 is 27.3 Å². The first-order valence-electron chi connectivity index (χ1n) is 6.62. The van der Waals surface area contributed by atoms with Gasteiger partial charge in [0.1, 0.15) is 0 Å². The quantitative estimate of drug-likeness (QED) is 0.845. The third-order valence-electron chi connectivity index (χ3n) is 3.19. The molecule has 1 N–H and O–H groups in total. The van der Waals surface area contributed by atoms with Crippen LogP contribution in [0.25, 0.3) is 0 Å². The molecule has 0 bridgehead atoms. The van der Waals surface area contributed by atoms with Crippen LogP contribution in [-0.4, -0.2) is 21.2 Å². The van der Waals surface area contributed by atoms with Gasteiger partial charge in [0.2, 0.25) is 0 Å². The predicted molar refractivity (Wildman–Crippen MR) is 91.8 cm³/mol. The van der Waals surface area contributed by atoms with Crippen LogP contribution in [0.2, 0.25) is 0 Å². The number of benzene rings is 1. The zero-order valence-electron chi connectivity index (χ0n) is 12.2. The fourth-order valence-electron chi connectivity index (χ4n) is 2.14. The fraction of sp³-hybridized carbons (Fsp3) is 0.333. The molecule has 1 unspecified atom stereocenters. The van der Waals surface area contributed by atoms with E-state index in [1.807, 2.05) is 13.0 Å². The third-order valence-corrected chi connectivity index (χ3v) is 6.50. The van der Waals surface area contributed by atoms with E-state index in [4.69, 9.17) is 0 Å². The van der Waals surface area contributed by atoms with Crippen LogP contribution in [-0.2, 0) is 9.84 Å². The number of nitrogens with one attached hydrogen (secondary N) is 1.